The van der Waals surface area contributed by atoms with Crippen LogP contribution in [0, 0.1) is 0 Å². The number of rotatable bonds is 1. The number of alkyl halides is 2. The first kappa shape index (κ1) is 5.88. The van der Waals surface area contributed by atoms with Crippen molar-refractivity contribution in [3.8, 4) is 0 Å². The molecule has 2 N–H and O–H groups in total. The summed E-state index contributed by atoms with van der Waals surface area (Å²) in [6, 6.07) is 0. The molecule has 0 aromatic rings. The van der Waals surface area contributed by atoms with Gasteiger partial charge in [-0.15, -0.1) is 0 Å². The van der Waals surface area contributed by atoms with Crippen LogP contribution in [0.25, 0.3) is 0 Å². The Morgan fingerprint density at radius 1 is 2.00 bits per heavy atom. The van der Waals surface area contributed by atoms with Gasteiger partial charge >= 0.3 is 0 Å². The molecule has 0 bridgehead atoms. The zero-order valence-electron chi connectivity index (χ0n) is 2.82. The summed E-state index contributed by atoms with van der Waals surface area (Å²) in [4.78, 5) is 9.50. The summed E-state index contributed by atoms with van der Waals surface area (Å²) in [5.74, 6) is -0.991. The van der Waals surface area contributed by atoms with Gasteiger partial charge in [-0.2, -0.15) is 0 Å². The van der Waals surface area contributed by atoms with Crippen LogP contribution in [0.15, 0.2) is 0 Å². The van der Waals surface area contributed by atoms with Crippen LogP contribution in [0.1, 0.15) is 0 Å². The molecule has 0 radical (unpaired) electrons. The van der Waals surface area contributed by atoms with E-state index in [0.29, 0.717) is 0 Å². The van der Waals surface area contributed by atoms with Gasteiger partial charge in [-0.1, -0.05) is 0 Å². The van der Waals surface area contributed by atoms with E-state index in [0.717, 1.165) is 0 Å². The molecule has 0 saturated heterocycles. The number of carbonyl (C=O) groups is 1. The SMILES string of the molecule is NC(=O)[C@@H](F)Br. The van der Waals surface area contributed by atoms with Crippen LogP contribution in [0.2, 0.25) is 0 Å². The minimum Gasteiger partial charge on any atom is -0.366 e. The Labute approximate surface area is 42.6 Å². The maximum Gasteiger partial charge on any atom is 0.263 e. The van der Waals surface area contributed by atoms with Gasteiger partial charge in [-0.25, -0.2) is 4.39 Å². The molecular formula is C2H3BrFNO. The smallest absolute Gasteiger partial charge is 0.263 e. The Bertz CT molecular complexity index is 64.6. The summed E-state index contributed by atoms with van der Waals surface area (Å²) in [5.41, 5.74) is 4.37. The Kier molecular flexibility index (Phi) is 2.08. The summed E-state index contributed by atoms with van der Waals surface area (Å²) in [6.45, 7) is 0. The first-order valence-corrected chi connectivity index (χ1v) is 2.13. The molecule has 2 nitrogen and oxygen atoms in total. The summed E-state index contributed by atoms with van der Waals surface area (Å²) in [7, 11) is 0. The topological polar surface area (TPSA) is 43.1 Å². The molecule has 0 aliphatic carbocycles. The summed E-state index contributed by atoms with van der Waals surface area (Å²) < 4.78 is 11.3. The second kappa shape index (κ2) is 2.12. The first-order chi connectivity index (χ1) is 2.64. The Balaban J connectivity index is 3.26. The fraction of sp³-hybridized carbons (Fsp3) is 0.500. The van der Waals surface area contributed by atoms with Crippen molar-refractivity contribution in [2.75, 3.05) is 0 Å². The van der Waals surface area contributed by atoms with Gasteiger partial charge in [0.05, 0.1) is 0 Å². The highest BCUT2D eigenvalue weighted by Gasteiger charge is 2.04. The highest BCUT2D eigenvalue weighted by Crippen LogP contribution is 1.96. The molecule has 0 aliphatic heterocycles. The molecule has 0 fully saturated rings. The average Bonchev–Trinajstić information content (AvgIpc) is 1.36. The predicted octanol–water partition coefficient (Wildman–Crippen LogP) is 0.162. The Morgan fingerprint density at radius 3 is 2.17 bits per heavy atom. The van der Waals surface area contributed by atoms with Crippen LogP contribution in [0.4, 0.5) is 4.39 Å². The van der Waals surface area contributed by atoms with Crippen LogP contribution in [0.5, 0.6) is 0 Å². The van der Waals surface area contributed by atoms with Crippen molar-refractivity contribution < 1.29 is 9.18 Å². The third-order valence-corrected chi connectivity index (χ3v) is 0.666. The van der Waals surface area contributed by atoms with E-state index < -0.39 is 11.0 Å². The largest absolute Gasteiger partial charge is 0.366 e. The first-order valence-electron chi connectivity index (χ1n) is 1.22. The molecule has 0 heterocycles. The summed E-state index contributed by atoms with van der Waals surface area (Å²) in [6.07, 6.45) is 0. The lowest BCUT2D eigenvalue weighted by atomic mass is 10.7. The number of primary amides is 1. The second-order valence-corrected chi connectivity index (χ2v) is 1.51. The van der Waals surface area contributed by atoms with Crippen LogP contribution in [-0.2, 0) is 4.79 Å². The minimum atomic E-state index is -1.70. The second-order valence-electron chi connectivity index (χ2n) is 0.703. The lowest BCUT2D eigenvalue weighted by Gasteiger charge is -1.84. The van der Waals surface area contributed by atoms with E-state index in [4.69, 9.17) is 0 Å². The van der Waals surface area contributed by atoms with Crippen LogP contribution >= 0.6 is 15.9 Å². The van der Waals surface area contributed by atoms with Gasteiger partial charge in [0.1, 0.15) is 0 Å². The van der Waals surface area contributed by atoms with Gasteiger partial charge in [0, 0.05) is 0 Å². The van der Waals surface area contributed by atoms with E-state index in [2.05, 4.69) is 21.7 Å². The van der Waals surface area contributed by atoms with E-state index in [1.165, 1.54) is 0 Å². The molecule has 0 aromatic heterocycles. The Hall–Kier alpha value is -0.120. The minimum absolute atomic E-state index is 0.991. The van der Waals surface area contributed by atoms with E-state index >= 15 is 0 Å². The lowest BCUT2D eigenvalue weighted by molar-refractivity contribution is -0.119. The van der Waals surface area contributed by atoms with Gasteiger partial charge < -0.3 is 5.73 Å². The van der Waals surface area contributed by atoms with Crippen molar-refractivity contribution >= 4 is 21.8 Å². The van der Waals surface area contributed by atoms with Crippen molar-refractivity contribution in [1.82, 2.24) is 0 Å². The van der Waals surface area contributed by atoms with Crippen molar-refractivity contribution in [2.24, 2.45) is 5.73 Å². The van der Waals surface area contributed by atoms with Crippen LogP contribution in [-0.4, -0.2) is 11.0 Å². The number of halogens is 2. The molecule has 1 atom stereocenters. The third kappa shape index (κ3) is 2.14. The highest BCUT2D eigenvalue weighted by atomic mass is 79.9. The zero-order chi connectivity index (χ0) is 5.15. The number of hydrogen-bond acceptors (Lipinski definition) is 1. The summed E-state index contributed by atoms with van der Waals surface area (Å²) >= 11 is 2.30. The molecule has 0 aliphatic rings. The van der Waals surface area contributed by atoms with Crippen molar-refractivity contribution in [3.05, 3.63) is 0 Å². The van der Waals surface area contributed by atoms with E-state index in [-0.39, 0.29) is 0 Å². The quantitative estimate of drug-likeness (QED) is 0.540. The van der Waals surface area contributed by atoms with Gasteiger partial charge in [0.15, 0.2) is 0 Å². The molecule has 6 heavy (non-hydrogen) atoms. The lowest BCUT2D eigenvalue weighted by Crippen LogP contribution is -2.18. The molecule has 0 saturated carbocycles. The molecule has 1 amide bonds. The number of nitrogens with two attached hydrogens (primary N) is 1. The van der Waals surface area contributed by atoms with E-state index in [9.17, 15) is 9.18 Å². The standard InChI is InChI=1S/C2H3BrFNO/c3-1(4)2(5)6/h1H,(H2,5,6)/t1-/m1/s1. The third-order valence-electron chi connectivity index (χ3n) is 0.215. The zero-order valence-corrected chi connectivity index (χ0v) is 4.40. The molecule has 0 rings (SSSR count). The van der Waals surface area contributed by atoms with Crippen LogP contribution in [0.3, 0.4) is 0 Å². The molecule has 4 heteroatoms. The van der Waals surface area contributed by atoms with Crippen molar-refractivity contribution in [3.63, 3.8) is 0 Å². The fourth-order valence-corrected chi connectivity index (χ4v) is 0. The van der Waals surface area contributed by atoms with E-state index in [1.54, 1.807) is 0 Å². The number of amides is 1. The number of hydrogen-bond donors (Lipinski definition) is 1. The highest BCUT2D eigenvalue weighted by molar-refractivity contribution is 9.09. The van der Waals surface area contributed by atoms with Crippen molar-refractivity contribution in [2.45, 2.75) is 5.08 Å². The van der Waals surface area contributed by atoms with E-state index in [1.807, 2.05) is 0 Å². The number of carbonyl (C=O) groups excluding carboxylic acids is 1. The maximum atomic E-state index is 11.3. The normalized spacial score (nSPS) is 13.7. The summed E-state index contributed by atoms with van der Waals surface area (Å²) in [5, 5.41) is -1.70. The molecule has 0 aromatic carbocycles. The fourth-order valence-electron chi connectivity index (χ4n) is 0. The van der Waals surface area contributed by atoms with Gasteiger partial charge in [0.25, 0.3) is 5.91 Å². The molecule has 36 valence electrons. The van der Waals surface area contributed by atoms with Gasteiger partial charge in [-0.3, -0.25) is 4.79 Å². The molecule has 0 unspecified atom stereocenters. The molecular weight excluding hydrogens is 153 g/mol. The van der Waals surface area contributed by atoms with Gasteiger partial charge in [-0.05, 0) is 15.9 Å². The van der Waals surface area contributed by atoms with Crippen molar-refractivity contribution in [1.29, 1.82) is 0 Å². The predicted molar refractivity (Wildman–Crippen MR) is 23.0 cm³/mol. The Morgan fingerprint density at radius 2 is 2.17 bits per heavy atom. The van der Waals surface area contributed by atoms with Crippen LogP contribution < -0.4 is 5.73 Å². The molecule has 0 spiro atoms. The van der Waals surface area contributed by atoms with Gasteiger partial charge in [0.2, 0.25) is 5.08 Å². The maximum absolute atomic E-state index is 11.3. The average molecular weight is 156 g/mol. The monoisotopic (exact) mass is 155 g/mol.